The van der Waals surface area contributed by atoms with E-state index < -0.39 is 5.41 Å². The van der Waals surface area contributed by atoms with Crippen LogP contribution in [0.1, 0.15) is 74.7 Å². The van der Waals surface area contributed by atoms with Gasteiger partial charge in [-0.05, 0) is 73.9 Å². The van der Waals surface area contributed by atoms with Gasteiger partial charge in [0, 0.05) is 26.2 Å². The summed E-state index contributed by atoms with van der Waals surface area (Å²) in [6.45, 7) is 20.1. The van der Waals surface area contributed by atoms with Gasteiger partial charge in [0.1, 0.15) is 6.61 Å². The van der Waals surface area contributed by atoms with Crippen molar-refractivity contribution in [3.05, 3.63) is 0 Å². The number of piperidine rings is 1. The number of ether oxygens (including phenoxy) is 3. The molecule has 0 aliphatic carbocycles. The predicted molar refractivity (Wildman–Crippen MR) is 130 cm³/mol. The maximum absolute atomic E-state index is 11.5. The molecule has 0 aromatic carbocycles. The highest BCUT2D eigenvalue weighted by molar-refractivity contribution is 5.75. The van der Waals surface area contributed by atoms with Crippen LogP contribution in [0.4, 0.5) is 0 Å². The van der Waals surface area contributed by atoms with Crippen molar-refractivity contribution < 1.29 is 23.8 Å². The summed E-state index contributed by atoms with van der Waals surface area (Å²) >= 11 is 0. The van der Waals surface area contributed by atoms with E-state index in [9.17, 15) is 9.59 Å². The second-order valence-electron chi connectivity index (χ2n) is 10.5. The Bertz CT molecular complexity index is 513. The molecule has 2 aliphatic heterocycles. The topological polar surface area (TPSA) is 68.3 Å². The van der Waals surface area contributed by atoms with Crippen molar-refractivity contribution in [3.63, 3.8) is 0 Å². The molecule has 32 heavy (non-hydrogen) atoms. The second kappa shape index (κ2) is 15.6. The number of hydrogen-bond donors (Lipinski definition) is 0. The van der Waals surface area contributed by atoms with Gasteiger partial charge in [0.15, 0.2) is 0 Å². The van der Waals surface area contributed by atoms with Crippen LogP contribution in [0.5, 0.6) is 0 Å². The third-order valence-corrected chi connectivity index (χ3v) is 5.27. The molecular weight excluding hydrogens is 408 g/mol. The van der Waals surface area contributed by atoms with Crippen LogP contribution in [-0.4, -0.2) is 87.4 Å². The lowest BCUT2D eigenvalue weighted by Gasteiger charge is -2.26. The highest BCUT2D eigenvalue weighted by Crippen LogP contribution is 2.16. The van der Waals surface area contributed by atoms with Gasteiger partial charge in [-0.1, -0.05) is 13.8 Å². The smallest absolute Gasteiger partial charge is 0.311 e. The molecule has 7 heteroatoms. The van der Waals surface area contributed by atoms with Gasteiger partial charge in [0.05, 0.1) is 30.7 Å². The number of esters is 2. The third-order valence-electron chi connectivity index (χ3n) is 5.27. The van der Waals surface area contributed by atoms with E-state index in [4.69, 9.17) is 14.2 Å². The van der Waals surface area contributed by atoms with E-state index in [-0.39, 0.29) is 24.8 Å². The lowest BCUT2D eigenvalue weighted by Crippen LogP contribution is -2.39. The zero-order valence-corrected chi connectivity index (χ0v) is 20.8. The number of nitrogens with zero attached hydrogens (tertiary/aromatic N) is 2. The van der Waals surface area contributed by atoms with Crippen molar-refractivity contribution in [1.29, 1.82) is 0 Å². The Morgan fingerprint density at radius 1 is 0.719 bits per heavy atom. The lowest BCUT2D eigenvalue weighted by atomic mass is 9.97. The van der Waals surface area contributed by atoms with Gasteiger partial charge in [0.2, 0.25) is 0 Å². The van der Waals surface area contributed by atoms with Crippen molar-refractivity contribution in [2.45, 2.75) is 74.7 Å². The number of likely N-dealkylation sites (tertiary alicyclic amines) is 1. The molecule has 2 heterocycles. The molecule has 0 aromatic heterocycles. The first kappa shape index (κ1) is 30.8. The fraction of sp³-hybridized carbons (Fsp3) is 0.920. The fourth-order valence-corrected chi connectivity index (χ4v) is 3.16. The van der Waals surface area contributed by atoms with Crippen molar-refractivity contribution in [2.75, 3.05) is 65.7 Å². The third kappa shape index (κ3) is 14.1. The number of rotatable bonds is 7. The van der Waals surface area contributed by atoms with Crippen LogP contribution >= 0.6 is 0 Å². The molecule has 2 saturated heterocycles. The number of carbonyl (C=O) groups is 2. The summed E-state index contributed by atoms with van der Waals surface area (Å²) in [4.78, 5) is 27.6. The largest absolute Gasteiger partial charge is 0.465 e. The molecule has 0 atom stereocenters. The van der Waals surface area contributed by atoms with E-state index in [1.807, 2.05) is 41.5 Å². The normalized spacial score (nSPS) is 18.1. The molecule has 0 saturated carbocycles. The van der Waals surface area contributed by atoms with E-state index in [1.165, 1.54) is 32.4 Å². The van der Waals surface area contributed by atoms with Crippen LogP contribution in [0.3, 0.4) is 0 Å². The van der Waals surface area contributed by atoms with Gasteiger partial charge in [0.25, 0.3) is 0 Å². The van der Waals surface area contributed by atoms with Crippen LogP contribution in [0, 0.1) is 10.8 Å². The maximum Gasteiger partial charge on any atom is 0.311 e. The minimum Gasteiger partial charge on any atom is -0.465 e. The maximum atomic E-state index is 11.5. The molecule has 2 fully saturated rings. The van der Waals surface area contributed by atoms with E-state index >= 15 is 0 Å². The van der Waals surface area contributed by atoms with Crippen LogP contribution in [0.15, 0.2) is 0 Å². The summed E-state index contributed by atoms with van der Waals surface area (Å²) in [7, 11) is 0. The molecule has 0 aromatic rings. The average Bonchev–Trinajstić information content (AvgIpc) is 2.71. The van der Waals surface area contributed by atoms with Crippen LogP contribution < -0.4 is 0 Å². The van der Waals surface area contributed by atoms with E-state index in [0.717, 1.165) is 45.8 Å². The molecule has 2 aliphatic rings. The first-order valence-electron chi connectivity index (χ1n) is 11.9. The number of carbonyl (C=O) groups excluding carboxylic acids is 2. The van der Waals surface area contributed by atoms with E-state index in [0.29, 0.717) is 13.2 Å². The first-order valence-corrected chi connectivity index (χ1v) is 11.9. The zero-order valence-electron chi connectivity index (χ0n) is 20.8. The second-order valence-corrected chi connectivity index (χ2v) is 10.5. The first-order chi connectivity index (χ1) is 14.5. The Morgan fingerprint density at radius 3 is 1.69 bits per heavy atom. The highest BCUT2D eigenvalue weighted by atomic mass is 16.5. The predicted octanol–water partition coefficient (Wildman–Crippen LogP) is 4.00. The van der Waals surface area contributed by atoms with Gasteiger partial charge in [-0.2, -0.15) is 0 Å². The Kier molecular flexibility index (Phi) is 15.0. The average molecular weight is 459 g/mol. The summed E-state index contributed by atoms with van der Waals surface area (Å²) in [5.41, 5.74) is -0.768. The van der Waals surface area contributed by atoms with Gasteiger partial charge in [-0.15, -0.1) is 0 Å². The summed E-state index contributed by atoms with van der Waals surface area (Å²) in [6.07, 6.45) is 4.97. The monoisotopic (exact) mass is 458 g/mol. The van der Waals surface area contributed by atoms with Crippen molar-refractivity contribution in [2.24, 2.45) is 10.8 Å². The molecule has 0 radical (unpaired) electrons. The highest BCUT2D eigenvalue weighted by Gasteiger charge is 2.23. The fourth-order valence-electron chi connectivity index (χ4n) is 3.16. The molecule has 2 rings (SSSR count). The van der Waals surface area contributed by atoms with E-state index in [1.54, 1.807) is 0 Å². The van der Waals surface area contributed by atoms with Gasteiger partial charge >= 0.3 is 11.9 Å². The summed E-state index contributed by atoms with van der Waals surface area (Å²) in [5.74, 6) is -0.220. The standard InChI is InChI=1S/C13H25NO2.C11H21NO3.CH4/c1-13(2,3)12(15)16-11-7-10-14-8-5-4-6-9-14;1-11(2,3)10(13)15-9-6-12-4-7-14-8-5-12;/h4-11H2,1-3H3;4-9H2,1-3H3;1H4. The quantitative estimate of drug-likeness (QED) is 0.422. The summed E-state index contributed by atoms with van der Waals surface area (Å²) < 4.78 is 15.7. The Morgan fingerprint density at radius 2 is 1.19 bits per heavy atom. The SMILES string of the molecule is C.CC(C)(C)C(=O)OCCCN1CCCCC1.CC(C)(C)C(=O)OCCN1CCOCC1. The van der Waals surface area contributed by atoms with Crippen LogP contribution in [0.2, 0.25) is 0 Å². The molecular formula is C25H50N2O5. The molecule has 0 spiro atoms. The molecule has 0 bridgehead atoms. The van der Waals surface area contributed by atoms with Crippen molar-refractivity contribution in [3.8, 4) is 0 Å². The molecule has 190 valence electrons. The van der Waals surface area contributed by atoms with Crippen molar-refractivity contribution >= 4 is 11.9 Å². The van der Waals surface area contributed by atoms with Crippen molar-refractivity contribution in [1.82, 2.24) is 9.80 Å². The summed E-state index contributed by atoms with van der Waals surface area (Å²) in [6, 6.07) is 0. The molecule has 0 amide bonds. The lowest BCUT2D eigenvalue weighted by molar-refractivity contribution is -0.154. The van der Waals surface area contributed by atoms with Crippen LogP contribution in [0.25, 0.3) is 0 Å². The Balaban J connectivity index is 0.000000584. The minimum absolute atomic E-state index is 0. The number of hydrogen-bond acceptors (Lipinski definition) is 7. The van der Waals surface area contributed by atoms with Crippen LogP contribution in [-0.2, 0) is 23.8 Å². The minimum atomic E-state index is -0.398. The van der Waals surface area contributed by atoms with E-state index in [2.05, 4.69) is 9.80 Å². The molecule has 0 unspecified atom stereocenters. The van der Waals surface area contributed by atoms with Gasteiger partial charge < -0.3 is 19.1 Å². The Hall–Kier alpha value is -1.18. The Labute approximate surface area is 197 Å². The molecule has 0 N–H and O–H groups in total. The number of morpholine rings is 1. The van der Waals surface area contributed by atoms with Gasteiger partial charge in [-0.3, -0.25) is 14.5 Å². The molecule has 7 nitrogen and oxygen atoms in total. The zero-order chi connectivity index (χ0) is 23.3. The summed E-state index contributed by atoms with van der Waals surface area (Å²) in [5, 5.41) is 0. The van der Waals surface area contributed by atoms with Gasteiger partial charge in [-0.25, -0.2) is 0 Å².